The fraction of sp³-hybridized carbons (Fsp3) is 0.444. The highest BCUT2D eigenvalue weighted by Gasteiger charge is 2.27. The van der Waals surface area contributed by atoms with Gasteiger partial charge in [0, 0.05) is 12.6 Å². The molecule has 1 amide bonds. The van der Waals surface area contributed by atoms with E-state index < -0.39 is 0 Å². The molecule has 5 nitrogen and oxygen atoms in total. The van der Waals surface area contributed by atoms with Crippen molar-refractivity contribution in [1.82, 2.24) is 15.1 Å². The van der Waals surface area contributed by atoms with Gasteiger partial charge in [0.25, 0.3) is 5.91 Å². The van der Waals surface area contributed by atoms with Crippen LogP contribution in [0.5, 0.6) is 0 Å². The molecule has 1 atom stereocenters. The van der Waals surface area contributed by atoms with Gasteiger partial charge in [0.2, 0.25) is 0 Å². The largest absolute Gasteiger partial charge is 0.396 e. The van der Waals surface area contributed by atoms with Crippen molar-refractivity contribution in [3.05, 3.63) is 47.5 Å². The second kappa shape index (κ2) is 7.13. The number of hydrogen-bond acceptors (Lipinski definition) is 3. The molecular formula is C18H24FN3O2. The summed E-state index contributed by atoms with van der Waals surface area (Å²) in [5.74, 6) is -0.548. The summed E-state index contributed by atoms with van der Waals surface area (Å²) in [5.41, 5.74) is 1.66. The summed E-state index contributed by atoms with van der Waals surface area (Å²) in [4.78, 5) is 12.6. The number of rotatable bonds is 5. The van der Waals surface area contributed by atoms with Gasteiger partial charge < -0.3 is 10.4 Å². The third-order valence-corrected chi connectivity index (χ3v) is 4.09. The van der Waals surface area contributed by atoms with Crippen LogP contribution in [0.4, 0.5) is 4.39 Å². The molecule has 2 rings (SSSR count). The monoisotopic (exact) mass is 333 g/mol. The summed E-state index contributed by atoms with van der Waals surface area (Å²) in [7, 11) is 0. The van der Waals surface area contributed by atoms with Crippen molar-refractivity contribution in [1.29, 1.82) is 0 Å². The molecule has 1 heterocycles. The molecule has 2 N–H and O–H groups in total. The zero-order valence-corrected chi connectivity index (χ0v) is 14.5. The number of nitrogens with one attached hydrogen (secondary N) is 1. The van der Waals surface area contributed by atoms with E-state index in [2.05, 4.69) is 10.4 Å². The minimum absolute atomic E-state index is 0.00996. The minimum atomic E-state index is -0.321. The van der Waals surface area contributed by atoms with Crippen LogP contribution in [-0.4, -0.2) is 33.4 Å². The predicted octanol–water partition coefficient (Wildman–Crippen LogP) is 2.85. The first-order chi connectivity index (χ1) is 11.2. The van der Waals surface area contributed by atoms with Gasteiger partial charge in [0.1, 0.15) is 5.82 Å². The van der Waals surface area contributed by atoms with Crippen LogP contribution in [0.15, 0.2) is 30.5 Å². The SMILES string of the molecule is Cc1c(C(=O)NC(CCO)C(C)(C)C)cnn1-c1ccc(F)cc1. The number of carbonyl (C=O) groups excluding carboxylic acids is 1. The number of hydrogen-bond donors (Lipinski definition) is 2. The number of halogens is 1. The van der Waals surface area contributed by atoms with Gasteiger partial charge in [-0.25, -0.2) is 9.07 Å². The molecule has 2 aromatic rings. The zero-order chi connectivity index (χ0) is 17.9. The first kappa shape index (κ1) is 18.1. The molecule has 130 valence electrons. The minimum Gasteiger partial charge on any atom is -0.396 e. The quantitative estimate of drug-likeness (QED) is 0.884. The van der Waals surface area contributed by atoms with Crippen LogP contribution >= 0.6 is 0 Å². The molecule has 0 aliphatic heterocycles. The Kier molecular flexibility index (Phi) is 5.39. The zero-order valence-electron chi connectivity index (χ0n) is 14.5. The second-order valence-electron chi connectivity index (χ2n) is 6.94. The molecule has 0 fully saturated rings. The van der Waals surface area contributed by atoms with E-state index in [1.807, 2.05) is 20.8 Å². The predicted molar refractivity (Wildman–Crippen MR) is 90.7 cm³/mol. The Labute approximate surface area is 141 Å². The van der Waals surface area contributed by atoms with Gasteiger partial charge in [0.15, 0.2) is 0 Å². The molecule has 0 aliphatic rings. The van der Waals surface area contributed by atoms with Crippen molar-refractivity contribution in [3.63, 3.8) is 0 Å². The van der Waals surface area contributed by atoms with Crippen molar-refractivity contribution in [2.75, 3.05) is 6.61 Å². The number of nitrogens with zero attached hydrogens (tertiary/aromatic N) is 2. The number of aliphatic hydroxyl groups excluding tert-OH is 1. The Balaban J connectivity index is 2.23. The standard InChI is InChI=1S/C18H24FN3O2/c1-12-15(17(24)21-16(9-10-23)18(2,3)4)11-20-22(12)14-7-5-13(19)6-8-14/h5-8,11,16,23H,9-10H2,1-4H3,(H,21,24). The maximum absolute atomic E-state index is 13.0. The van der Waals surface area contributed by atoms with E-state index in [0.717, 1.165) is 0 Å². The van der Waals surface area contributed by atoms with Gasteiger partial charge in [-0.15, -0.1) is 0 Å². The summed E-state index contributed by atoms with van der Waals surface area (Å²) in [6, 6.07) is 5.78. The summed E-state index contributed by atoms with van der Waals surface area (Å²) in [5, 5.41) is 16.4. The highest BCUT2D eigenvalue weighted by atomic mass is 19.1. The number of aliphatic hydroxyl groups is 1. The van der Waals surface area contributed by atoms with Gasteiger partial charge in [-0.3, -0.25) is 4.79 Å². The molecule has 0 aliphatic carbocycles. The number of carbonyl (C=O) groups is 1. The lowest BCUT2D eigenvalue weighted by atomic mass is 9.85. The first-order valence-electron chi connectivity index (χ1n) is 7.96. The fourth-order valence-electron chi connectivity index (χ4n) is 2.56. The Morgan fingerprint density at radius 1 is 1.33 bits per heavy atom. The van der Waals surface area contributed by atoms with Crippen LogP contribution in [0.1, 0.15) is 43.2 Å². The Hall–Kier alpha value is -2.21. The lowest BCUT2D eigenvalue weighted by Crippen LogP contribution is -2.44. The summed E-state index contributed by atoms with van der Waals surface area (Å²) in [6.45, 7) is 7.85. The van der Waals surface area contributed by atoms with E-state index in [0.29, 0.717) is 23.4 Å². The molecule has 0 bridgehead atoms. The summed E-state index contributed by atoms with van der Waals surface area (Å²) >= 11 is 0. The highest BCUT2D eigenvalue weighted by Crippen LogP contribution is 2.22. The lowest BCUT2D eigenvalue weighted by molar-refractivity contribution is 0.0884. The van der Waals surface area contributed by atoms with Gasteiger partial charge in [-0.2, -0.15) is 5.10 Å². The van der Waals surface area contributed by atoms with Crippen molar-refractivity contribution < 1.29 is 14.3 Å². The van der Waals surface area contributed by atoms with Crippen LogP contribution < -0.4 is 5.32 Å². The molecule has 24 heavy (non-hydrogen) atoms. The van der Waals surface area contributed by atoms with Crippen LogP contribution in [0, 0.1) is 18.2 Å². The van der Waals surface area contributed by atoms with E-state index in [4.69, 9.17) is 0 Å². The van der Waals surface area contributed by atoms with Crippen LogP contribution in [0.25, 0.3) is 5.69 Å². The topological polar surface area (TPSA) is 67.2 Å². The summed E-state index contributed by atoms with van der Waals surface area (Å²) < 4.78 is 14.7. The Bertz CT molecular complexity index is 702. The Morgan fingerprint density at radius 3 is 2.50 bits per heavy atom. The molecule has 1 aromatic heterocycles. The second-order valence-corrected chi connectivity index (χ2v) is 6.94. The lowest BCUT2D eigenvalue weighted by Gasteiger charge is -2.31. The average Bonchev–Trinajstić information content (AvgIpc) is 2.88. The van der Waals surface area contributed by atoms with E-state index in [9.17, 15) is 14.3 Å². The average molecular weight is 333 g/mol. The van der Waals surface area contributed by atoms with Crippen molar-refractivity contribution in [2.24, 2.45) is 5.41 Å². The van der Waals surface area contributed by atoms with E-state index >= 15 is 0 Å². The number of amides is 1. The molecule has 0 saturated heterocycles. The maximum Gasteiger partial charge on any atom is 0.254 e. The smallest absolute Gasteiger partial charge is 0.254 e. The third kappa shape index (κ3) is 4.00. The summed E-state index contributed by atoms with van der Waals surface area (Å²) in [6.07, 6.45) is 1.99. The molecule has 0 radical (unpaired) electrons. The van der Waals surface area contributed by atoms with Crippen LogP contribution in [-0.2, 0) is 0 Å². The van der Waals surface area contributed by atoms with Crippen LogP contribution in [0.2, 0.25) is 0 Å². The third-order valence-electron chi connectivity index (χ3n) is 4.09. The molecule has 6 heteroatoms. The number of aromatic nitrogens is 2. The Morgan fingerprint density at radius 2 is 1.96 bits per heavy atom. The number of benzene rings is 1. The van der Waals surface area contributed by atoms with Gasteiger partial charge >= 0.3 is 0 Å². The van der Waals surface area contributed by atoms with E-state index in [-0.39, 0.29) is 29.8 Å². The molecule has 0 saturated carbocycles. The molecule has 1 aromatic carbocycles. The first-order valence-corrected chi connectivity index (χ1v) is 7.96. The van der Waals surface area contributed by atoms with Crippen molar-refractivity contribution in [3.8, 4) is 5.69 Å². The normalized spacial score (nSPS) is 12.9. The van der Waals surface area contributed by atoms with E-state index in [1.54, 1.807) is 23.7 Å². The van der Waals surface area contributed by atoms with Gasteiger partial charge in [0.05, 0.1) is 23.1 Å². The molecule has 0 spiro atoms. The van der Waals surface area contributed by atoms with E-state index in [1.165, 1.54) is 18.3 Å². The van der Waals surface area contributed by atoms with Crippen molar-refractivity contribution in [2.45, 2.75) is 40.2 Å². The highest BCUT2D eigenvalue weighted by molar-refractivity contribution is 5.95. The van der Waals surface area contributed by atoms with Gasteiger partial charge in [-0.1, -0.05) is 20.8 Å². The maximum atomic E-state index is 13.0. The van der Waals surface area contributed by atoms with Crippen LogP contribution in [0.3, 0.4) is 0 Å². The molecular weight excluding hydrogens is 309 g/mol. The van der Waals surface area contributed by atoms with Crippen molar-refractivity contribution >= 4 is 5.91 Å². The van der Waals surface area contributed by atoms with Gasteiger partial charge in [-0.05, 0) is 43.0 Å². The molecule has 1 unspecified atom stereocenters. The fourth-order valence-corrected chi connectivity index (χ4v) is 2.56.